The number of thiophene rings is 1. The number of rotatable bonds is 4. The van der Waals surface area contributed by atoms with E-state index in [1.807, 2.05) is 4.57 Å². The zero-order chi connectivity index (χ0) is 14.1. The number of fused-ring (bicyclic) bond motifs is 1. The Morgan fingerprint density at radius 1 is 1.40 bits per heavy atom. The molecule has 20 heavy (non-hydrogen) atoms. The van der Waals surface area contributed by atoms with Crippen molar-refractivity contribution in [3.63, 3.8) is 0 Å². The van der Waals surface area contributed by atoms with Gasteiger partial charge in [0.15, 0.2) is 0 Å². The van der Waals surface area contributed by atoms with Crippen LogP contribution in [-0.4, -0.2) is 25.8 Å². The first-order chi connectivity index (χ1) is 9.69. The maximum absolute atomic E-state index is 12.1. The molecule has 5 nitrogen and oxygen atoms in total. The Morgan fingerprint density at radius 2 is 2.25 bits per heavy atom. The van der Waals surface area contributed by atoms with Gasteiger partial charge < -0.3 is 0 Å². The molecule has 2 aromatic rings. The summed E-state index contributed by atoms with van der Waals surface area (Å²) in [6, 6.07) is 2.16. The number of nitrogens with zero attached hydrogens (tertiary/aromatic N) is 4. The Kier molecular flexibility index (Phi) is 3.76. The summed E-state index contributed by atoms with van der Waals surface area (Å²) in [6.07, 6.45) is 0.939. The molecule has 0 unspecified atom stereocenters. The third-order valence-corrected chi connectivity index (χ3v) is 4.78. The van der Waals surface area contributed by atoms with Gasteiger partial charge in [0.1, 0.15) is 5.82 Å². The first kappa shape index (κ1) is 13.6. The second-order valence-corrected chi connectivity index (χ2v) is 6.31. The predicted octanol–water partition coefficient (Wildman–Crippen LogP) is 1.84. The lowest BCUT2D eigenvalue weighted by atomic mass is 10.2. The van der Waals surface area contributed by atoms with Gasteiger partial charge in [0.05, 0.1) is 6.54 Å². The second kappa shape index (κ2) is 5.54. The summed E-state index contributed by atoms with van der Waals surface area (Å²) in [5.74, 6) is 0.906. The number of aryl methyl sites for hydroxylation is 2. The minimum absolute atomic E-state index is 0.0498. The smallest absolute Gasteiger partial charge is 0.289 e. The fraction of sp³-hybridized carbons (Fsp3) is 0.571. The van der Waals surface area contributed by atoms with E-state index in [-0.39, 0.29) is 5.69 Å². The molecule has 1 aliphatic rings. The summed E-state index contributed by atoms with van der Waals surface area (Å²) in [7, 11) is 0. The minimum atomic E-state index is 0.0498. The quantitative estimate of drug-likeness (QED) is 0.863. The fourth-order valence-corrected chi connectivity index (χ4v) is 3.56. The predicted molar refractivity (Wildman–Crippen MR) is 79.9 cm³/mol. The largest absolute Gasteiger partial charge is 0.345 e. The Labute approximate surface area is 122 Å². The maximum atomic E-state index is 12.1. The van der Waals surface area contributed by atoms with Crippen LogP contribution in [0.2, 0.25) is 0 Å². The number of hydrogen-bond donors (Lipinski definition) is 0. The topological polar surface area (TPSA) is 43.1 Å². The zero-order valence-electron chi connectivity index (χ0n) is 12.0. The van der Waals surface area contributed by atoms with Crippen molar-refractivity contribution >= 4 is 11.3 Å². The van der Waals surface area contributed by atoms with Gasteiger partial charge in [-0.3, -0.25) is 9.47 Å². The molecule has 3 heterocycles. The number of hydrogen-bond acceptors (Lipinski definition) is 4. The lowest BCUT2D eigenvalue weighted by Gasteiger charge is -2.26. The van der Waals surface area contributed by atoms with Crippen molar-refractivity contribution in [3.8, 4) is 0 Å². The summed E-state index contributed by atoms with van der Waals surface area (Å²) in [5, 5.41) is 6.61. The van der Waals surface area contributed by atoms with Gasteiger partial charge in [-0.1, -0.05) is 6.92 Å². The summed E-state index contributed by atoms with van der Waals surface area (Å²) >= 11 is 1.81. The highest BCUT2D eigenvalue weighted by atomic mass is 32.1. The molecule has 0 spiro atoms. The minimum Gasteiger partial charge on any atom is -0.289 e. The monoisotopic (exact) mass is 292 g/mol. The molecule has 0 N–H and O–H groups in total. The van der Waals surface area contributed by atoms with Crippen LogP contribution in [-0.2, 0) is 26.2 Å². The summed E-state index contributed by atoms with van der Waals surface area (Å²) < 4.78 is 3.43. The molecule has 6 heteroatoms. The van der Waals surface area contributed by atoms with Gasteiger partial charge in [-0.2, -0.15) is 5.10 Å². The van der Waals surface area contributed by atoms with Crippen molar-refractivity contribution < 1.29 is 0 Å². The van der Waals surface area contributed by atoms with E-state index in [2.05, 4.69) is 35.3 Å². The average molecular weight is 292 g/mol. The van der Waals surface area contributed by atoms with Crippen LogP contribution in [0.4, 0.5) is 0 Å². The molecule has 0 amide bonds. The van der Waals surface area contributed by atoms with Gasteiger partial charge in [-0.05, 0) is 30.4 Å². The first-order valence-electron chi connectivity index (χ1n) is 7.11. The van der Waals surface area contributed by atoms with E-state index in [1.54, 1.807) is 16.0 Å². The SMILES string of the molecule is CCCn1nc2n(c1=O)CCN(Cc1sccc1C)C2. The maximum Gasteiger partial charge on any atom is 0.345 e. The molecule has 1 aliphatic heterocycles. The van der Waals surface area contributed by atoms with Crippen molar-refractivity contribution in [2.75, 3.05) is 6.54 Å². The fourth-order valence-electron chi connectivity index (χ4n) is 2.61. The Hall–Kier alpha value is -1.40. The van der Waals surface area contributed by atoms with Crippen LogP contribution < -0.4 is 5.69 Å². The molecule has 0 radical (unpaired) electrons. The molecule has 3 rings (SSSR count). The lowest BCUT2D eigenvalue weighted by molar-refractivity contribution is 0.208. The average Bonchev–Trinajstić information content (AvgIpc) is 2.96. The molecule has 108 valence electrons. The van der Waals surface area contributed by atoms with Crippen LogP contribution in [0.1, 0.15) is 29.6 Å². The highest BCUT2D eigenvalue weighted by Crippen LogP contribution is 2.20. The van der Waals surface area contributed by atoms with Crippen molar-refractivity contribution in [2.45, 2.75) is 46.4 Å². The Morgan fingerprint density at radius 3 is 2.95 bits per heavy atom. The van der Waals surface area contributed by atoms with Gasteiger partial charge >= 0.3 is 5.69 Å². The summed E-state index contributed by atoms with van der Waals surface area (Å²) in [5.41, 5.74) is 1.41. The van der Waals surface area contributed by atoms with Crippen molar-refractivity contribution in [1.82, 2.24) is 19.2 Å². The normalized spacial score (nSPS) is 15.5. The standard InChI is InChI=1S/C14H20N4OS/c1-3-5-18-14(19)17-7-6-16(10-13(17)15-18)9-12-11(2)4-8-20-12/h4,8H,3,5-7,9-10H2,1-2H3. The van der Waals surface area contributed by atoms with Crippen LogP contribution in [0.15, 0.2) is 16.2 Å². The van der Waals surface area contributed by atoms with Gasteiger partial charge in [-0.15, -0.1) is 11.3 Å². The van der Waals surface area contributed by atoms with E-state index in [4.69, 9.17) is 0 Å². The van der Waals surface area contributed by atoms with E-state index in [1.165, 1.54) is 10.4 Å². The molecule has 0 atom stereocenters. The van der Waals surface area contributed by atoms with E-state index in [9.17, 15) is 4.79 Å². The van der Waals surface area contributed by atoms with Crippen LogP contribution >= 0.6 is 11.3 Å². The van der Waals surface area contributed by atoms with Crippen LogP contribution in [0.3, 0.4) is 0 Å². The summed E-state index contributed by atoms with van der Waals surface area (Å²) in [4.78, 5) is 15.9. The second-order valence-electron chi connectivity index (χ2n) is 5.31. The third-order valence-electron chi connectivity index (χ3n) is 3.78. The number of aromatic nitrogens is 3. The highest BCUT2D eigenvalue weighted by Gasteiger charge is 2.22. The molecular formula is C14H20N4OS. The third kappa shape index (κ3) is 2.45. The van der Waals surface area contributed by atoms with Crippen molar-refractivity contribution in [2.24, 2.45) is 0 Å². The molecular weight excluding hydrogens is 272 g/mol. The van der Waals surface area contributed by atoms with Crippen molar-refractivity contribution in [1.29, 1.82) is 0 Å². The molecule has 0 aliphatic carbocycles. The Balaban J connectivity index is 1.77. The van der Waals surface area contributed by atoms with Gasteiger partial charge in [0.25, 0.3) is 0 Å². The molecule has 0 aromatic carbocycles. The van der Waals surface area contributed by atoms with Gasteiger partial charge in [-0.25, -0.2) is 9.48 Å². The van der Waals surface area contributed by atoms with Crippen LogP contribution in [0.5, 0.6) is 0 Å². The van der Waals surface area contributed by atoms with Crippen LogP contribution in [0, 0.1) is 6.92 Å². The highest BCUT2D eigenvalue weighted by molar-refractivity contribution is 7.10. The van der Waals surface area contributed by atoms with E-state index >= 15 is 0 Å². The molecule has 0 bridgehead atoms. The first-order valence-corrected chi connectivity index (χ1v) is 7.99. The lowest BCUT2D eigenvalue weighted by Crippen LogP contribution is -2.37. The van der Waals surface area contributed by atoms with Gasteiger partial charge in [0, 0.05) is 31.1 Å². The van der Waals surface area contributed by atoms with E-state index in [0.717, 1.165) is 38.4 Å². The Bertz CT molecular complexity index is 654. The molecule has 0 saturated carbocycles. The molecule has 2 aromatic heterocycles. The molecule has 0 saturated heterocycles. The summed E-state index contributed by atoms with van der Waals surface area (Å²) in [6.45, 7) is 8.33. The van der Waals surface area contributed by atoms with E-state index in [0.29, 0.717) is 6.54 Å². The van der Waals surface area contributed by atoms with Crippen molar-refractivity contribution in [3.05, 3.63) is 38.2 Å². The van der Waals surface area contributed by atoms with Crippen LogP contribution in [0.25, 0.3) is 0 Å². The molecule has 0 fully saturated rings. The van der Waals surface area contributed by atoms with Gasteiger partial charge in [0.2, 0.25) is 0 Å². The zero-order valence-corrected chi connectivity index (χ0v) is 12.8. The van der Waals surface area contributed by atoms with E-state index < -0.39 is 0 Å².